The molecular weight excluding hydrogens is 356 g/mol. The molecule has 144 valence electrons. The third-order valence-electron chi connectivity index (χ3n) is 6.43. The molecule has 0 amide bonds. The van der Waals surface area contributed by atoms with E-state index in [0.717, 1.165) is 49.5 Å². The summed E-state index contributed by atoms with van der Waals surface area (Å²) in [5, 5.41) is 4.44. The summed E-state index contributed by atoms with van der Waals surface area (Å²) in [6, 6.07) is 14.4. The summed E-state index contributed by atoms with van der Waals surface area (Å²) in [5.41, 5.74) is 2.58. The van der Waals surface area contributed by atoms with Crippen molar-refractivity contribution in [3.05, 3.63) is 64.9 Å². The zero-order valence-corrected chi connectivity index (χ0v) is 16.7. The minimum atomic E-state index is 0.0819. The van der Waals surface area contributed by atoms with Crippen LogP contribution in [0.1, 0.15) is 56.2 Å². The first kappa shape index (κ1) is 18.9. The van der Waals surface area contributed by atoms with Gasteiger partial charge in [-0.2, -0.15) is 0 Å². The zero-order valence-electron chi connectivity index (χ0n) is 15.9. The molecule has 1 aliphatic heterocycles. The van der Waals surface area contributed by atoms with Crippen LogP contribution in [-0.4, -0.2) is 23.7 Å². The van der Waals surface area contributed by atoms with Crippen LogP contribution in [-0.2, 0) is 16.7 Å². The molecule has 27 heavy (non-hydrogen) atoms. The number of ether oxygens (including phenoxy) is 1. The standard InChI is InChI=1S/C23H29ClN2O/c24-20-8-2-1-7-19(20)17-25-15-12-22(21-9-3-6-14-26-21)13-16-27-23(18-22)10-4-5-11-23/h1-3,6-9,14,25H,4-5,10-13,15-18H2. The van der Waals surface area contributed by atoms with Crippen LogP contribution in [0.25, 0.3) is 0 Å². The molecule has 1 saturated heterocycles. The Morgan fingerprint density at radius 2 is 1.85 bits per heavy atom. The first-order chi connectivity index (χ1) is 13.2. The molecule has 1 spiro atoms. The Bertz CT molecular complexity index is 745. The minimum Gasteiger partial charge on any atom is -0.375 e. The zero-order chi connectivity index (χ0) is 18.6. The smallest absolute Gasteiger partial charge is 0.0691 e. The summed E-state index contributed by atoms with van der Waals surface area (Å²) in [6.45, 7) is 2.61. The molecule has 2 heterocycles. The molecule has 2 aliphatic rings. The van der Waals surface area contributed by atoms with Gasteiger partial charge in [-0.3, -0.25) is 4.98 Å². The number of hydrogen-bond donors (Lipinski definition) is 1. The fourth-order valence-corrected chi connectivity index (χ4v) is 5.19. The first-order valence-corrected chi connectivity index (χ1v) is 10.6. The Labute approximate surface area is 167 Å². The highest BCUT2D eigenvalue weighted by molar-refractivity contribution is 6.31. The largest absolute Gasteiger partial charge is 0.375 e. The number of rotatable bonds is 6. The summed E-state index contributed by atoms with van der Waals surface area (Å²) < 4.78 is 6.33. The molecule has 1 aromatic heterocycles. The van der Waals surface area contributed by atoms with Gasteiger partial charge in [-0.05, 0) is 62.4 Å². The fraction of sp³-hybridized carbons (Fsp3) is 0.522. The van der Waals surface area contributed by atoms with Gasteiger partial charge in [-0.15, -0.1) is 0 Å². The molecule has 4 rings (SSSR count). The van der Waals surface area contributed by atoms with Crippen LogP contribution in [0.3, 0.4) is 0 Å². The van der Waals surface area contributed by atoms with Gasteiger partial charge in [0.1, 0.15) is 0 Å². The highest BCUT2D eigenvalue weighted by Gasteiger charge is 2.48. The summed E-state index contributed by atoms with van der Waals surface area (Å²) in [6.07, 6.45) is 10.2. The molecular formula is C23H29ClN2O. The van der Waals surface area contributed by atoms with Gasteiger partial charge < -0.3 is 10.1 Å². The second-order valence-corrected chi connectivity index (χ2v) is 8.59. The van der Waals surface area contributed by atoms with Crippen molar-refractivity contribution >= 4 is 11.6 Å². The van der Waals surface area contributed by atoms with E-state index in [0.29, 0.717) is 0 Å². The van der Waals surface area contributed by atoms with E-state index in [1.807, 2.05) is 30.5 Å². The molecule has 3 nitrogen and oxygen atoms in total. The predicted molar refractivity (Wildman–Crippen MR) is 110 cm³/mol. The van der Waals surface area contributed by atoms with E-state index in [4.69, 9.17) is 21.3 Å². The van der Waals surface area contributed by atoms with Gasteiger partial charge in [-0.25, -0.2) is 0 Å². The third-order valence-corrected chi connectivity index (χ3v) is 6.79. The van der Waals surface area contributed by atoms with Crippen LogP contribution < -0.4 is 5.32 Å². The number of pyridine rings is 1. The first-order valence-electron chi connectivity index (χ1n) is 10.2. The molecule has 1 aromatic carbocycles. The minimum absolute atomic E-state index is 0.0819. The topological polar surface area (TPSA) is 34.2 Å². The molecule has 2 fully saturated rings. The van der Waals surface area contributed by atoms with Crippen molar-refractivity contribution in [3.8, 4) is 0 Å². The summed E-state index contributed by atoms with van der Waals surface area (Å²) in [4.78, 5) is 4.78. The van der Waals surface area contributed by atoms with Crippen LogP contribution in [0.4, 0.5) is 0 Å². The lowest BCUT2D eigenvalue weighted by Gasteiger charge is -2.46. The van der Waals surface area contributed by atoms with Crippen molar-refractivity contribution in [2.75, 3.05) is 13.2 Å². The summed E-state index contributed by atoms with van der Waals surface area (Å²) in [5.74, 6) is 0. The van der Waals surface area contributed by atoms with Gasteiger partial charge in [0.15, 0.2) is 0 Å². The quantitative estimate of drug-likeness (QED) is 0.688. The average molecular weight is 385 g/mol. The Balaban J connectivity index is 1.46. The fourth-order valence-electron chi connectivity index (χ4n) is 4.99. The maximum atomic E-state index is 6.33. The van der Waals surface area contributed by atoms with Crippen LogP contribution in [0.2, 0.25) is 5.02 Å². The highest BCUT2D eigenvalue weighted by atomic mass is 35.5. The van der Waals surface area contributed by atoms with Crippen molar-refractivity contribution in [2.45, 2.75) is 62.5 Å². The normalized spacial score (nSPS) is 24.3. The van der Waals surface area contributed by atoms with E-state index in [1.54, 1.807) is 0 Å². The van der Waals surface area contributed by atoms with Gasteiger partial charge in [-0.1, -0.05) is 48.7 Å². The number of benzene rings is 1. The number of aromatic nitrogens is 1. The summed E-state index contributed by atoms with van der Waals surface area (Å²) in [7, 11) is 0. The maximum Gasteiger partial charge on any atom is 0.0691 e. The van der Waals surface area contributed by atoms with E-state index in [2.05, 4.69) is 23.5 Å². The number of nitrogens with one attached hydrogen (secondary N) is 1. The Morgan fingerprint density at radius 3 is 2.63 bits per heavy atom. The molecule has 2 aromatic rings. The molecule has 1 unspecified atom stereocenters. The van der Waals surface area contributed by atoms with Crippen LogP contribution in [0.15, 0.2) is 48.7 Å². The molecule has 1 N–H and O–H groups in total. The number of hydrogen-bond acceptors (Lipinski definition) is 3. The van der Waals surface area contributed by atoms with E-state index >= 15 is 0 Å². The third kappa shape index (κ3) is 4.21. The van der Waals surface area contributed by atoms with Crippen molar-refractivity contribution < 1.29 is 4.74 Å². The Hall–Kier alpha value is -1.42. The number of nitrogens with zero attached hydrogens (tertiary/aromatic N) is 1. The van der Waals surface area contributed by atoms with Gasteiger partial charge in [0, 0.05) is 35.5 Å². The lowest BCUT2D eigenvalue weighted by molar-refractivity contribution is -0.104. The van der Waals surface area contributed by atoms with E-state index in [1.165, 1.54) is 31.4 Å². The van der Waals surface area contributed by atoms with Crippen molar-refractivity contribution in [2.24, 2.45) is 0 Å². The van der Waals surface area contributed by atoms with Gasteiger partial charge in [0.25, 0.3) is 0 Å². The lowest BCUT2D eigenvalue weighted by Crippen LogP contribution is -2.47. The van der Waals surface area contributed by atoms with E-state index in [-0.39, 0.29) is 11.0 Å². The van der Waals surface area contributed by atoms with Crippen molar-refractivity contribution in [1.82, 2.24) is 10.3 Å². The average Bonchev–Trinajstić information content (AvgIpc) is 3.14. The number of halogens is 1. The SMILES string of the molecule is Clc1ccccc1CNCCC1(c2ccccn2)CCOC2(CCCC2)C1. The van der Waals surface area contributed by atoms with Gasteiger partial charge >= 0.3 is 0 Å². The predicted octanol–water partition coefficient (Wildman–Crippen LogP) is 5.28. The lowest BCUT2D eigenvalue weighted by atomic mass is 9.68. The van der Waals surface area contributed by atoms with Crippen LogP contribution in [0.5, 0.6) is 0 Å². The van der Waals surface area contributed by atoms with Crippen molar-refractivity contribution in [3.63, 3.8) is 0 Å². The highest BCUT2D eigenvalue weighted by Crippen LogP contribution is 2.49. The van der Waals surface area contributed by atoms with E-state index in [9.17, 15) is 0 Å². The Kier molecular flexibility index (Phi) is 5.82. The summed E-state index contributed by atoms with van der Waals surface area (Å²) >= 11 is 6.29. The monoisotopic (exact) mass is 384 g/mol. The molecule has 0 radical (unpaired) electrons. The molecule has 1 saturated carbocycles. The maximum absolute atomic E-state index is 6.33. The molecule has 4 heteroatoms. The van der Waals surface area contributed by atoms with Gasteiger partial charge in [0.2, 0.25) is 0 Å². The molecule has 1 atom stereocenters. The van der Waals surface area contributed by atoms with Crippen LogP contribution >= 0.6 is 11.6 Å². The molecule has 0 bridgehead atoms. The van der Waals surface area contributed by atoms with Crippen molar-refractivity contribution in [1.29, 1.82) is 0 Å². The molecule has 1 aliphatic carbocycles. The van der Waals surface area contributed by atoms with Gasteiger partial charge in [0.05, 0.1) is 5.60 Å². The van der Waals surface area contributed by atoms with E-state index < -0.39 is 0 Å². The second-order valence-electron chi connectivity index (χ2n) is 8.18. The van der Waals surface area contributed by atoms with Crippen LogP contribution in [0, 0.1) is 0 Å². The second kappa shape index (κ2) is 8.30. The Morgan fingerprint density at radius 1 is 1.04 bits per heavy atom.